The predicted octanol–water partition coefficient (Wildman–Crippen LogP) is 3.01. The van der Waals surface area contributed by atoms with Gasteiger partial charge in [-0.1, -0.05) is 12.1 Å². The van der Waals surface area contributed by atoms with Crippen molar-refractivity contribution in [3.8, 4) is 0 Å². The van der Waals surface area contributed by atoms with Crippen molar-refractivity contribution >= 4 is 34.6 Å². The molecule has 2 aromatic rings. The molecule has 1 amide bonds. The molecule has 2 rings (SSSR count). The van der Waals surface area contributed by atoms with Crippen molar-refractivity contribution in [2.45, 2.75) is 19.9 Å². The van der Waals surface area contributed by atoms with E-state index in [-0.39, 0.29) is 17.8 Å². The molecule has 1 atom stereocenters. The summed E-state index contributed by atoms with van der Waals surface area (Å²) in [5.41, 5.74) is 7.11. The van der Waals surface area contributed by atoms with E-state index in [2.05, 4.69) is 5.32 Å². The summed E-state index contributed by atoms with van der Waals surface area (Å²) in [5, 5.41) is 19.1. The first kappa shape index (κ1) is 18.4. The summed E-state index contributed by atoms with van der Waals surface area (Å²) in [4.78, 5) is 24.8. The number of allylic oxidation sites excluding steroid dienone is 1. The van der Waals surface area contributed by atoms with Gasteiger partial charge in [0, 0.05) is 27.0 Å². The van der Waals surface area contributed by atoms with Crippen LogP contribution in [0.5, 0.6) is 0 Å². The number of nitrogens with one attached hydrogen (secondary N) is 2. The Balaban J connectivity index is 2.07. The molecule has 1 heterocycles. The number of benzene rings is 1. The zero-order valence-electron chi connectivity index (χ0n) is 13.9. The molecule has 0 spiro atoms. The Kier molecular flexibility index (Phi) is 5.71. The summed E-state index contributed by atoms with van der Waals surface area (Å²) >= 11 is 1.44. The number of amides is 1. The van der Waals surface area contributed by atoms with Gasteiger partial charge in [0.15, 0.2) is 0 Å². The highest BCUT2D eigenvalue weighted by atomic mass is 32.1. The van der Waals surface area contributed by atoms with Crippen LogP contribution < -0.4 is 11.1 Å². The highest BCUT2D eigenvalue weighted by molar-refractivity contribution is 7.13. The lowest BCUT2D eigenvalue weighted by Crippen LogP contribution is -2.26. The number of nitrogen functional groups attached to an aromatic ring is 1. The van der Waals surface area contributed by atoms with Gasteiger partial charge in [-0.05, 0) is 43.7 Å². The maximum absolute atomic E-state index is 12.3. The molecule has 7 heteroatoms. The van der Waals surface area contributed by atoms with E-state index < -0.39 is 5.97 Å². The SMILES string of the molecule is CC(=CC(=O)O)c1ccc(C(C)NC(=O)c2ccc(C(=N)N)cc2)s1. The molecule has 130 valence electrons. The first-order valence-electron chi connectivity index (χ1n) is 7.54. The molecular weight excluding hydrogens is 338 g/mol. The molecule has 0 saturated heterocycles. The Morgan fingerprint density at radius 3 is 2.36 bits per heavy atom. The van der Waals surface area contributed by atoms with Gasteiger partial charge in [0.2, 0.25) is 0 Å². The summed E-state index contributed by atoms with van der Waals surface area (Å²) < 4.78 is 0. The third-order valence-corrected chi connectivity index (χ3v) is 4.99. The number of thiophene rings is 1. The quantitative estimate of drug-likeness (QED) is 0.361. The number of nitrogens with two attached hydrogens (primary N) is 1. The maximum Gasteiger partial charge on any atom is 0.328 e. The van der Waals surface area contributed by atoms with Crippen molar-refractivity contribution in [1.82, 2.24) is 5.32 Å². The van der Waals surface area contributed by atoms with Crippen molar-refractivity contribution in [3.63, 3.8) is 0 Å². The molecular formula is C18H19N3O3S. The van der Waals surface area contributed by atoms with Crippen LogP contribution in [-0.4, -0.2) is 22.8 Å². The van der Waals surface area contributed by atoms with Gasteiger partial charge in [0.05, 0.1) is 6.04 Å². The summed E-state index contributed by atoms with van der Waals surface area (Å²) in [6, 6.07) is 10.0. The molecule has 6 nitrogen and oxygen atoms in total. The number of carboxylic acid groups (broad SMARTS) is 1. The van der Waals surface area contributed by atoms with Crippen LogP contribution in [0.25, 0.3) is 5.57 Å². The Bertz CT molecular complexity index is 838. The Morgan fingerprint density at radius 1 is 1.20 bits per heavy atom. The number of carbonyl (C=O) groups excluding carboxylic acids is 1. The zero-order valence-corrected chi connectivity index (χ0v) is 14.7. The average Bonchev–Trinajstić information content (AvgIpc) is 3.04. The summed E-state index contributed by atoms with van der Waals surface area (Å²) in [6.07, 6.45) is 1.16. The number of carbonyl (C=O) groups is 2. The maximum atomic E-state index is 12.3. The first-order valence-corrected chi connectivity index (χ1v) is 8.36. The Labute approximate surface area is 149 Å². The molecule has 0 fully saturated rings. The normalized spacial score (nSPS) is 12.5. The lowest BCUT2D eigenvalue weighted by Gasteiger charge is -2.12. The largest absolute Gasteiger partial charge is 0.478 e. The van der Waals surface area contributed by atoms with Crippen LogP contribution >= 0.6 is 11.3 Å². The number of hydrogen-bond acceptors (Lipinski definition) is 4. The summed E-state index contributed by atoms with van der Waals surface area (Å²) in [7, 11) is 0. The van der Waals surface area contributed by atoms with Crippen LogP contribution in [0, 0.1) is 5.41 Å². The molecule has 1 unspecified atom stereocenters. The van der Waals surface area contributed by atoms with Crippen LogP contribution in [0.1, 0.15) is 45.6 Å². The minimum Gasteiger partial charge on any atom is -0.478 e. The van der Waals surface area contributed by atoms with Crippen molar-refractivity contribution in [2.24, 2.45) is 5.73 Å². The molecule has 25 heavy (non-hydrogen) atoms. The van der Waals surface area contributed by atoms with E-state index in [0.717, 1.165) is 15.8 Å². The second-order valence-corrected chi connectivity index (χ2v) is 6.67. The highest BCUT2D eigenvalue weighted by Gasteiger charge is 2.14. The van der Waals surface area contributed by atoms with Crippen molar-refractivity contribution in [2.75, 3.05) is 0 Å². The molecule has 0 aliphatic rings. The van der Waals surface area contributed by atoms with Gasteiger partial charge >= 0.3 is 5.97 Å². The van der Waals surface area contributed by atoms with Gasteiger partial charge < -0.3 is 16.2 Å². The molecule has 1 aromatic carbocycles. The molecule has 0 radical (unpaired) electrons. The Hall–Kier alpha value is -2.93. The van der Waals surface area contributed by atoms with Crippen LogP contribution in [0.3, 0.4) is 0 Å². The van der Waals surface area contributed by atoms with E-state index in [0.29, 0.717) is 16.7 Å². The Morgan fingerprint density at radius 2 is 1.80 bits per heavy atom. The number of amidine groups is 1. The standard InChI is InChI=1S/C18H19N3O3S/c1-10(9-16(22)23)14-7-8-15(25-14)11(2)21-18(24)13-5-3-12(4-6-13)17(19)20/h3-9,11H,1-2H3,(H3,19,20)(H,21,24)(H,22,23). The minimum atomic E-state index is -0.984. The molecule has 0 aliphatic carbocycles. The first-order chi connectivity index (χ1) is 11.8. The van der Waals surface area contributed by atoms with Crippen LogP contribution in [-0.2, 0) is 4.79 Å². The number of carboxylic acids is 1. The number of hydrogen-bond donors (Lipinski definition) is 4. The fraction of sp³-hybridized carbons (Fsp3) is 0.167. The zero-order chi connectivity index (χ0) is 18.6. The highest BCUT2D eigenvalue weighted by Crippen LogP contribution is 2.28. The van der Waals surface area contributed by atoms with Crippen molar-refractivity contribution in [3.05, 3.63) is 63.4 Å². The second-order valence-electron chi connectivity index (χ2n) is 5.55. The summed E-state index contributed by atoms with van der Waals surface area (Å²) in [6.45, 7) is 3.61. The van der Waals surface area contributed by atoms with E-state index in [1.165, 1.54) is 11.3 Å². The molecule has 0 aliphatic heterocycles. The van der Waals surface area contributed by atoms with Crippen molar-refractivity contribution < 1.29 is 14.7 Å². The minimum absolute atomic E-state index is 0.0452. The number of aliphatic carboxylic acids is 1. The predicted molar refractivity (Wildman–Crippen MR) is 98.9 cm³/mol. The summed E-state index contributed by atoms with van der Waals surface area (Å²) in [5.74, 6) is -1.26. The molecule has 0 saturated carbocycles. The van der Waals surface area contributed by atoms with Gasteiger partial charge in [0.25, 0.3) is 5.91 Å². The van der Waals surface area contributed by atoms with Crippen LogP contribution in [0.2, 0.25) is 0 Å². The van der Waals surface area contributed by atoms with E-state index >= 15 is 0 Å². The second kappa shape index (κ2) is 7.76. The molecule has 1 aromatic heterocycles. The van der Waals surface area contributed by atoms with Gasteiger partial charge in [-0.25, -0.2) is 4.79 Å². The molecule has 0 bridgehead atoms. The van der Waals surface area contributed by atoms with Gasteiger partial charge in [-0.2, -0.15) is 0 Å². The van der Waals surface area contributed by atoms with E-state index in [4.69, 9.17) is 16.2 Å². The number of rotatable bonds is 6. The smallest absolute Gasteiger partial charge is 0.328 e. The van der Waals surface area contributed by atoms with Crippen LogP contribution in [0.4, 0.5) is 0 Å². The van der Waals surface area contributed by atoms with Crippen LogP contribution in [0.15, 0.2) is 42.5 Å². The van der Waals surface area contributed by atoms with Gasteiger partial charge in [0.1, 0.15) is 5.84 Å². The molecule has 5 N–H and O–H groups in total. The lowest BCUT2D eigenvalue weighted by atomic mass is 10.1. The fourth-order valence-corrected chi connectivity index (χ4v) is 3.19. The monoisotopic (exact) mass is 357 g/mol. The van der Waals surface area contributed by atoms with Gasteiger partial charge in [-0.3, -0.25) is 10.2 Å². The topological polar surface area (TPSA) is 116 Å². The van der Waals surface area contributed by atoms with E-state index in [1.807, 2.05) is 19.1 Å². The van der Waals surface area contributed by atoms with Crippen molar-refractivity contribution in [1.29, 1.82) is 5.41 Å². The van der Waals surface area contributed by atoms with E-state index in [1.54, 1.807) is 31.2 Å². The fourth-order valence-electron chi connectivity index (χ4n) is 2.21. The lowest BCUT2D eigenvalue weighted by molar-refractivity contribution is -0.131. The van der Waals surface area contributed by atoms with E-state index in [9.17, 15) is 9.59 Å². The van der Waals surface area contributed by atoms with Gasteiger partial charge in [-0.15, -0.1) is 11.3 Å². The average molecular weight is 357 g/mol. The third-order valence-electron chi connectivity index (χ3n) is 3.59. The third kappa shape index (κ3) is 4.77.